The van der Waals surface area contributed by atoms with Crippen molar-refractivity contribution in [2.24, 2.45) is 0 Å². The first kappa shape index (κ1) is 14.4. The van der Waals surface area contributed by atoms with Crippen LogP contribution in [0.3, 0.4) is 0 Å². The van der Waals surface area contributed by atoms with Crippen molar-refractivity contribution in [3.8, 4) is 6.07 Å². The van der Waals surface area contributed by atoms with E-state index in [4.69, 9.17) is 5.26 Å². The van der Waals surface area contributed by atoms with Gasteiger partial charge in [0.15, 0.2) is 5.78 Å². The molecule has 0 radical (unpaired) electrons. The van der Waals surface area contributed by atoms with Crippen molar-refractivity contribution in [1.29, 1.82) is 5.26 Å². The smallest absolute Gasteiger partial charge is 0.242 e. The van der Waals surface area contributed by atoms with Crippen LogP contribution in [0.5, 0.6) is 0 Å². The molecule has 6 heteroatoms. The highest BCUT2D eigenvalue weighted by Crippen LogP contribution is 2.15. The molecule has 0 aliphatic heterocycles. The molecule has 0 N–H and O–H groups in total. The Kier molecular flexibility index (Phi) is 4.59. The monoisotopic (exact) mass is 266 g/mol. The third kappa shape index (κ3) is 2.94. The van der Waals surface area contributed by atoms with Crippen molar-refractivity contribution in [1.82, 2.24) is 4.31 Å². The van der Waals surface area contributed by atoms with Crippen molar-refractivity contribution < 1.29 is 13.2 Å². The molecule has 96 valence electrons. The van der Waals surface area contributed by atoms with Crippen LogP contribution in [0.25, 0.3) is 0 Å². The van der Waals surface area contributed by atoms with E-state index in [0.717, 1.165) is 0 Å². The number of Topliss-reactive ketones (excluding diaryl/α,β-unsaturated/α-hetero) is 1. The van der Waals surface area contributed by atoms with Crippen LogP contribution in [-0.2, 0) is 10.0 Å². The Balaban J connectivity index is 3.04. The van der Waals surface area contributed by atoms with E-state index in [1.807, 2.05) is 0 Å². The van der Waals surface area contributed by atoms with Crippen LogP contribution in [0.4, 0.5) is 0 Å². The third-order valence-corrected chi connectivity index (χ3v) is 4.52. The van der Waals surface area contributed by atoms with Gasteiger partial charge in [-0.25, -0.2) is 12.7 Å². The fourth-order valence-electron chi connectivity index (χ4n) is 1.34. The number of ketones is 1. The number of nitrogens with zero attached hydrogens (tertiary/aromatic N) is 2. The standard InChI is InChI=1S/C12H14N2O3S/c1-3-14(2)18(16,17)11-6-4-10(5-7-11)12(15)8-9-13/h4-7H,3,8H2,1-2H3. The molecule has 0 bridgehead atoms. The van der Waals surface area contributed by atoms with Crippen LogP contribution < -0.4 is 0 Å². The van der Waals surface area contributed by atoms with Crippen LogP contribution in [-0.4, -0.2) is 32.1 Å². The molecule has 0 aliphatic rings. The van der Waals surface area contributed by atoms with Gasteiger partial charge in [0.25, 0.3) is 0 Å². The average molecular weight is 266 g/mol. The molecule has 0 atom stereocenters. The Hall–Kier alpha value is -1.71. The highest BCUT2D eigenvalue weighted by atomic mass is 32.2. The molecule has 1 aromatic carbocycles. The zero-order chi connectivity index (χ0) is 13.8. The number of carbonyl (C=O) groups excluding carboxylic acids is 1. The number of hydrogen-bond acceptors (Lipinski definition) is 4. The molecule has 0 unspecified atom stereocenters. The maximum Gasteiger partial charge on any atom is 0.242 e. The zero-order valence-corrected chi connectivity index (χ0v) is 11.1. The topological polar surface area (TPSA) is 78.2 Å². The highest BCUT2D eigenvalue weighted by molar-refractivity contribution is 7.89. The van der Waals surface area contributed by atoms with Gasteiger partial charge < -0.3 is 0 Å². The zero-order valence-electron chi connectivity index (χ0n) is 10.3. The fraction of sp³-hybridized carbons (Fsp3) is 0.333. The van der Waals surface area contributed by atoms with Crippen molar-refractivity contribution in [3.05, 3.63) is 29.8 Å². The van der Waals surface area contributed by atoms with E-state index < -0.39 is 10.0 Å². The Labute approximate surface area is 107 Å². The molecule has 5 nitrogen and oxygen atoms in total. The normalized spacial score (nSPS) is 11.2. The summed E-state index contributed by atoms with van der Waals surface area (Å²) in [6.07, 6.45) is -0.207. The summed E-state index contributed by atoms with van der Waals surface area (Å²) in [6.45, 7) is 2.11. The van der Waals surface area contributed by atoms with Crippen molar-refractivity contribution in [2.75, 3.05) is 13.6 Å². The summed E-state index contributed by atoms with van der Waals surface area (Å²) >= 11 is 0. The van der Waals surface area contributed by atoms with E-state index in [-0.39, 0.29) is 17.1 Å². The number of nitriles is 1. The van der Waals surface area contributed by atoms with Crippen LogP contribution in [0.1, 0.15) is 23.7 Å². The van der Waals surface area contributed by atoms with E-state index >= 15 is 0 Å². The van der Waals surface area contributed by atoms with Gasteiger partial charge in [-0.05, 0) is 12.1 Å². The quantitative estimate of drug-likeness (QED) is 0.755. The maximum atomic E-state index is 12.0. The number of hydrogen-bond donors (Lipinski definition) is 0. The molecule has 0 fully saturated rings. The number of benzene rings is 1. The molecule has 18 heavy (non-hydrogen) atoms. The van der Waals surface area contributed by atoms with Gasteiger partial charge in [-0.1, -0.05) is 19.1 Å². The van der Waals surface area contributed by atoms with Gasteiger partial charge in [0.05, 0.1) is 17.4 Å². The lowest BCUT2D eigenvalue weighted by Crippen LogP contribution is -2.26. The second-order valence-electron chi connectivity index (χ2n) is 3.70. The minimum Gasteiger partial charge on any atom is -0.293 e. The number of sulfonamides is 1. The molecular weight excluding hydrogens is 252 g/mol. The van der Waals surface area contributed by atoms with Gasteiger partial charge in [0, 0.05) is 19.2 Å². The SMILES string of the molecule is CCN(C)S(=O)(=O)c1ccc(C(=O)CC#N)cc1. The predicted molar refractivity (Wildman–Crippen MR) is 66.5 cm³/mol. The molecule has 1 rings (SSSR count). The summed E-state index contributed by atoms with van der Waals surface area (Å²) in [7, 11) is -2.00. The summed E-state index contributed by atoms with van der Waals surface area (Å²) in [6, 6.07) is 7.38. The summed E-state index contributed by atoms with van der Waals surface area (Å²) in [5.41, 5.74) is 0.342. The minimum atomic E-state index is -3.49. The van der Waals surface area contributed by atoms with Crippen LogP contribution >= 0.6 is 0 Å². The second kappa shape index (κ2) is 5.76. The first-order valence-electron chi connectivity index (χ1n) is 5.40. The molecule has 0 aliphatic carbocycles. The molecule has 1 aromatic rings. The fourth-order valence-corrected chi connectivity index (χ4v) is 2.52. The lowest BCUT2D eigenvalue weighted by molar-refractivity contribution is 0.0997. The average Bonchev–Trinajstić information content (AvgIpc) is 2.38. The predicted octanol–water partition coefficient (Wildman–Crippen LogP) is 1.42. The summed E-state index contributed by atoms with van der Waals surface area (Å²) in [5.74, 6) is -0.315. The van der Waals surface area contributed by atoms with Gasteiger partial charge >= 0.3 is 0 Å². The molecule has 0 heterocycles. The Bertz CT molecular complexity index is 570. The van der Waals surface area contributed by atoms with E-state index in [1.165, 1.54) is 35.6 Å². The Morgan fingerprint density at radius 1 is 1.33 bits per heavy atom. The Morgan fingerprint density at radius 3 is 2.33 bits per heavy atom. The maximum absolute atomic E-state index is 12.0. The first-order chi connectivity index (χ1) is 8.43. The van der Waals surface area contributed by atoms with Gasteiger partial charge in [-0.3, -0.25) is 4.79 Å². The molecular formula is C12H14N2O3S. The van der Waals surface area contributed by atoms with Crippen LogP contribution in [0.2, 0.25) is 0 Å². The van der Waals surface area contributed by atoms with E-state index in [1.54, 1.807) is 13.0 Å². The summed E-state index contributed by atoms with van der Waals surface area (Å²) < 4.78 is 25.1. The van der Waals surface area contributed by atoms with Gasteiger partial charge in [0.2, 0.25) is 10.0 Å². The lowest BCUT2D eigenvalue weighted by Gasteiger charge is -2.14. The van der Waals surface area contributed by atoms with Crippen molar-refractivity contribution in [2.45, 2.75) is 18.2 Å². The summed E-state index contributed by atoms with van der Waals surface area (Å²) in [5, 5.41) is 8.41. The molecule has 0 saturated heterocycles. The molecule has 0 amide bonds. The van der Waals surface area contributed by atoms with Crippen LogP contribution in [0, 0.1) is 11.3 Å². The van der Waals surface area contributed by atoms with E-state index in [2.05, 4.69) is 0 Å². The number of rotatable bonds is 5. The van der Waals surface area contributed by atoms with Crippen molar-refractivity contribution in [3.63, 3.8) is 0 Å². The summed E-state index contributed by atoms with van der Waals surface area (Å²) in [4.78, 5) is 11.6. The van der Waals surface area contributed by atoms with Crippen LogP contribution in [0.15, 0.2) is 29.2 Å². The Morgan fingerprint density at radius 2 is 1.89 bits per heavy atom. The molecule has 0 aromatic heterocycles. The second-order valence-corrected chi connectivity index (χ2v) is 5.75. The largest absolute Gasteiger partial charge is 0.293 e. The molecule has 0 saturated carbocycles. The van der Waals surface area contributed by atoms with E-state index in [9.17, 15) is 13.2 Å². The lowest BCUT2D eigenvalue weighted by atomic mass is 10.1. The van der Waals surface area contributed by atoms with Gasteiger partial charge in [-0.15, -0.1) is 0 Å². The molecule has 0 spiro atoms. The highest BCUT2D eigenvalue weighted by Gasteiger charge is 2.19. The first-order valence-corrected chi connectivity index (χ1v) is 6.84. The van der Waals surface area contributed by atoms with Gasteiger partial charge in [-0.2, -0.15) is 5.26 Å². The van der Waals surface area contributed by atoms with Crippen molar-refractivity contribution >= 4 is 15.8 Å². The number of carbonyl (C=O) groups is 1. The van der Waals surface area contributed by atoms with E-state index in [0.29, 0.717) is 12.1 Å². The minimum absolute atomic E-state index is 0.139. The van der Waals surface area contributed by atoms with Gasteiger partial charge in [0.1, 0.15) is 0 Å². The third-order valence-electron chi connectivity index (χ3n) is 2.57.